The SMILES string of the molecule is CCCC(C)NC(=O)C(c1cccc(C)c1)N(CC#N)C(=O)C(Cc1ccccc1)NC(=O)OC(C)(C)C. The van der Waals surface area contributed by atoms with Crippen molar-refractivity contribution in [3.8, 4) is 6.07 Å². The van der Waals surface area contributed by atoms with E-state index in [1.807, 2.05) is 75.4 Å². The van der Waals surface area contributed by atoms with Crippen LogP contribution in [0, 0.1) is 18.3 Å². The molecule has 3 atom stereocenters. The van der Waals surface area contributed by atoms with Gasteiger partial charge in [0.05, 0.1) is 6.07 Å². The van der Waals surface area contributed by atoms with Gasteiger partial charge in [-0.05, 0) is 52.2 Å². The summed E-state index contributed by atoms with van der Waals surface area (Å²) in [4.78, 5) is 41.7. The first-order valence-corrected chi connectivity index (χ1v) is 13.0. The third-order valence-corrected chi connectivity index (χ3v) is 5.82. The second-order valence-corrected chi connectivity index (χ2v) is 10.5. The third-order valence-electron chi connectivity index (χ3n) is 5.82. The Morgan fingerprint density at radius 1 is 1.05 bits per heavy atom. The summed E-state index contributed by atoms with van der Waals surface area (Å²) in [6.07, 6.45) is 1.07. The largest absolute Gasteiger partial charge is 0.444 e. The molecule has 0 aliphatic carbocycles. The van der Waals surface area contributed by atoms with Crippen LogP contribution in [-0.4, -0.2) is 47.0 Å². The Bertz CT molecular complexity index is 1120. The van der Waals surface area contributed by atoms with E-state index in [4.69, 9.17) is 4.74 Å². The minimum atomic E-state index is -1.06. The lowest BCUT2D eigenvalue weighted by Crippen LogP contribution is -2.54. The van der Waals surface area contributed by atoms with Crippen molar-refractivity contribution in [1.82, 2.24) is 15.5 Å². The van der Waals surface area contributed by atoms with E-state index < -0.39 is 29.7 Å². The Hall–Kier alpha value is -3.86. The van der Waals surface area contributed by atoms with Crippen LogP contribution in [0.2, 0.25) is 0 Å². The predicted octanol–water partition coefficient (Wildman–Crippen LogP) is 4.83. The first-order valence-electron chi connectivity index (χ1n) is 13.0. The maximum Gasteiger partial charge on any atom is 0.408 e. The second-order valence-electron chi connectivity index (χ2n) is 10.5. The molecular formula is C30H40N4O4. The molecular weight excluding hydrogens is 480 g/mol. The van der Waals surface area contributed by atoms with Gasteiger partial charge in [0.25, 0.3) is 0 Å². The van der Waals surface area contributed by atoms with Crippen LogP contribution in [-0.2, 0) is 20.7 Å². The lowest BCUT2D eigenvalue weighted by Gasteiger charge is -2.33. The first kappa shape index (κ1) is 30.4. The molecule has 0 saturated heterocycles. The zero-order valence-electron chi connectivity index (χ0n) is 23.3. The fraction of sp³-hybridized carbons (Fsp3) is 0.467. The van der Waals surface area contributed by atoms with E-state index in [1.165, 1.54) is 4.90 Å². The summed E-state index contributed by atoms with van der Waals surface area (Å²) in [5, 5.41) is 15.4. The zero-order valence-corrected chi connectivity index (χ0v) is 23.3. The lowest BCUT2D eigenvalue weighted by atomic mass is 9.99. The van der Waals surface area contributed by atoms with E-state index in [9.17, 15) is 19.6 Å². The molecule has 2 aromatic carbocycles. The van der Waals surface area contributed by atoms with Gasteiger partial charge in [-0.2, -0.15) is 5.26 Å². The molecule has 0 aliphatic rings. The van der Waals surface area contributed by atoms with Crippen molar-refractivity contribution >= 4 is 17.9 Å². The highest BCUT2D eigenvalue weighted by Crippen LogP contribution is 2.24. The van der Waals surface area contributed by atoms with Crippen LogP contribution in [0.25, 0.3) is 0 Å². The Morgan fingerprint density at radius 2 is 1.74 bits per heavy atom. The van der Waals surface area contributed by atoms with Crippen molar-refractivity contribution < 1.29 is 19.1 Å². The topological polar surface area (TPSA) is 112 Å². The average molecular weight is 521 g/mol. The van der Waals surface area contributed by atoms with Gasteiger partial charge in [0.2, 0.25) is 11.8 Å². The Kier molecular flexibility index (Phi) is 11.3. The van der Waals surface area contributed by atoms with Gasteiger partial charge in [0.1, 0.15) is 24.2 Å². The highest BCUT2D eigenvalue weighted by atomic mass is 16.6. The van der Waals surface area contributed by atoms with Gasteiger partial charge < -0.3 is 20.3 Å². The maximum absolute atomic E-state index is 14.1. The monoisotopic (exact) mass is 520 g/mol. The molecule has 0 aromatic heterocycles. The highest BCUT2D eigenvalue weighted by molar-refractivity contribution is 5.92. The summed E-state index contributed by atoms with van der Waals surface area (Å²) in [6.45, 7) is 10.7. The van der Waals surface area contributed by atoms with E-state index in [0.717, 1.165) is 24.0 Å². The molecule has 8 nitrogen and oxygen atoms in total. The fourth-order valence-electron chi connectivity index (χ4n) is 4.21. The maximum atomic E-state index is 14.1. The van der Waals surface area contributed by atoms with Crippen LogP contribution < -0.4 is 10.6 Å². The number of nitrogens with zero attached hydrogens (tertiary/aromatic N) is 2. The number of amides is 3. The van der Waals surface area contributed by atoms with Crippen molar-refractivity contribution in [1.29, 1.82) is 5.26 Å². The number of nitriles is 1. The standard InChI is InChI=1S/C30H40N4O4/c1-7-12-22(3)32-27(35)26(24-16-11-13-21(2)19-24)34(18-17-31)28(36)25(20-23-14-9-8-10-15-23)33-29(37)38-30(4,5)6/h8-11,13-16,19,22,25-26H,7,12,18,20H2,1-6H3,(H,32,35)(H,33,37). The van der Waals surface area contributed by atoms with Gasteiger partial charge in [-0.15, -0.1) is 0 Å². The predicted molar refractivity (Wildman–Crippen MR) is 147 cm³/mol. The van der Waals surface area contributed by atoms with Crippen LogP contribution in [0.15, 0.2) is 54.6 Å². The Balaban J connectivity index is 2.51. The van der Waals surface area contributed by atoms with Crippen LogP contribution in [0.5, 0.6) is 0 Å². The molecule has 204 valence electrons. The summed E-state index contributed by atoms with van der Waals surface area (Å²) in [5.74, 6) is -0.929. The summed E-state index contributed by atoms with van der Waals surface area (Å²) in [6, 6.07) is 16.4. The molecule has 2 N–H and O–H groups in total. The van der Waals surface area contributed by atoms with Gasteiger partial charge in [-0.3, -0.25) is 9.59 Å². The molecule has 0 aliphatic heterocycles. The summed E-state index contributed by atoms with van der Waals surface area (Å²) in [5.41, 5.74) is 1.55. The summed E-state index contributed by atoms with van der Waals surface area (Å²) < 4.78 is 5.42. The second kappa shape index (κ2) is 14.2. The molecule has 0 heterocycles. The van der Waals surface area contributed by atoms with E-state index in [2.05, 4.69) is 10.6 Å². The molecule has 0 spiro atoms. The van der Waals surface area contributed by atoms with Crippen LogP contribution in [0.1, 0.15) is 70.2 Å². The number of rotatable bonds is 11. The fourth-order valence-corrected chi connectivity index (χ4v) is 4.21. The smallest absolute Gasteiger partial charge is 0.408 e. The number of benzene rings is 2. The van der Waals surface area contributed by atoms with E-state index in [0.29, 0.717) is 5.56 Å². The van der Waals surface area contributed by atoms with Crippen LogP contribution in [0.4, 0.5) is 4.79 Å². The number of nitrogens with one attached hydrogen (secondary N) is 2. The van der Waals surface area contributed by atoms with Gasteiger partial charge >= 0.3 is 6.09 Å². The molecule has 3 unspecified atom stereocenters. The Morgan fingerprint density at radius 3 is 2.32 bits per heavy atom. The van der Waals surface area contributed by atoms with Crippen LogP contribution >= 0.6 is 0 Å². The van der Waals surface area contributed by atoms with E-state index in [-0.39, 0.29) is 24.9 Å². The number of ether oxygens (including phenoxy) is 1. The molecule has 38 heavy (non-hydrogen) atoms. The van der Waals surface area contributed by atoms with Crippen molar-refractivity contribution in [2.45, 2.75) is 84.5 Å². The minimum Gasteiger partial charge on any atom is -0.444 e. The number of alkyl carbamates (subject to hydrolysis) is 1. The molecule has 2 rings (SSSR count). The van der Waals surface area contributed by atoms with Crippen LogP contribution in [0.3, 0.4) is 0 Å². The molecule has 3 amide bonds. The normalized spacial score (nSPS) is 13.4. The van der Waals surface area contributed by atoms with E-state index >= 15 is 0 Å². The number of hydrogen-bond donors (Lipinski definition) is 2. The molecule has 0 saturated carbocycles. The molecule has 8 heteroatoms. The summed E-state index contributed by atoms with van der Waals surface area (Å²) >= 11 is 0. The lowest BCUT2D eigenvalue weighted by molar-refractivity contribution is -0.142. The Labute approximate surface area is 226 Å². The zero-order chi connectivity index (χ0) is 28.3. The minimum absolute atomic E-state index is 0.112. The third kappa shape index (κ3) is 9.55. The number of aryl methyl sites for hydroxylation is 1. The highest BCUT2D eigenvalue weighted by Gasteiger charge is 2.36. The van der Waals surface area contributed by atoms with Gasteiger partial charge in [0.15, 0.2) is 0 Å². The molecule has 0 radical (unpaired) electrons. The first-order chi connectivity index (χ1) is 17.9. The quantitative estimate of drug-likeness (QED) is 0.412. The van der Waals surface area contributed by atoms with E-state index in [1.54, 1.807) is 26.8 Å². The summed E-state index contributed by atoms with van der Waals surface area (Å²) in [7, 11) is 0. The van der Waals surface area contributed by atoms with Crippen molar-refractivity contribution in [3.63, 3.8) is 0 Å². The molecule has 0 bridgehead atoms. The number of carbonyl (C=O) groups excluding carboxylic acids is 3. The molecule has 0 fully saturated rings. The number of hydrogen-bond acceptors (Lipinski definition) is 5. The van der Waals surface area contributed by atoms with Gasteiger partial charge in [-0.1, -0.05) is 73.5 Å². The van der Waals surface area contributed by atoms with Crippen molar-refractivity contribution in [2.75, 3.05) is 6.54 Å². The van der Waals surface area contributed by atoms with Gasteiger partial charge in [-0.25, -0.2) is 4.79 Å². The van der Waals surface area contributed by atoms with Crippen molar-refractivity contribution in [3.05, 3.63) is 71.3 Å². The molecule has 2 aromatic rings. The van der Waals surface area contributed by atoms with Gasteiger partial charge in [0, 0.05) is 12.5 Å². The number of carbonyl (C=O) groups is 3. The van der Waals surface area contributed by atoms with Crippen molar-refractivity contribution in [2.24, 2.45) is 0 Å². The average Bonchev–Trinajstić information content (AvgIpc) is 2.82.